The van der Waals surface area contributed by atoms with Crippen LogP contribution in [0.1, 0.15) is 16.2 Å². The smallest absolute Gasteiger partial charge is 0.352 e. The zero-order chi connectivity index (χ0) is 25.3. The highest BCUT2D eigenvalue weighted by atomic mass is 32.2. The standard InChI is InChI=1S/C19H18N8O6S2/c1-33-24-10(14-23-19(21)35-25-14)15(29)22-11-16(30)27-12(18(31)32)9(7-34-17(11)27)6-26-4-2-8(3-5-26)13(20)28/h2-5,11,17H,6-7H2,1H3,(H5-,20,21,22,23,25,28,29,31,32)/p+1/t11?,17-/m0/s1. The lowest BCUT2D eigenvalue weighted by Crippen LogP contribution is -2.71. The molecule has 2 atom stereocenters. The van der Waals surface area contributed by atoms with Crippen molar-refractivity contribution in [3.63, 3.8) is 0 Å². The zero-order valence-corrected chi connectivity index (χ0v) is 19.7. The Labute approximate surface area is 205 Å². The van der Waals surface area contributed by atoms with E-state index in [2.05, 4.69) is 19.8 Å². The van der Waals surface area contributed by atoms with E-state index in [1.807, 2.05) is 0 Å². The molecule has 182 valence electrons. The van der Waals surface area contributed by atoms with E-state index < -0.39 is 35.1 Å². The van der Waals surface area contributed by atoms with Crippen molar-refractivity contribution in [3.05, 3.63) is 47.2 Å². The van der Waals surface area contributed by atoms with Crippen LogP contribution in [-0.4, -0.2) is 73.0 Å². The second-order valence-electron chi connectivity index (χ2n) is 7.32. The number of aliphatic carboxylic acids is 1. The summed E-state index contributed by atoms with van der Waals surface area (Å²) in [5.41, 5.74) is 11.2. The van der Waals surface area contributed by atoms with E-state index in [1.54, 1.807) is 17.0 Å². The molecule has 6 N–H and O–H groups in total. The fraction of sp³-hybridized carbons (Fsp3) is 0.263. The van der Waals surface area contributed by atoms with E-state index in [0.717, 1.165) is 16.4 Å². The van der Waals surface area contributed by atoms with Crippen LogP contribution in [0.2, 0.25) is 0 Å². The largest absolute Gasteiger partial charge is 0.477 e. The van der Waals surface area contributed by atoms with Crippen molar-refractivity contribution in [2.45, 2.75) is 18.0 Å². The van der Waals surface area contributed by atoms with E-state index in [1.165, 1.54) is 31.0 Å². The van der Waals surface area contributed by atoms with Gasteiger partial charge in [0.1, 0.15) is 24.2 Å². The molecule has 14 nitrogen and oxygen atoms in total. The molecule has 0 aromatic carbocycles. The van der Waals surface area contributed by atoms with Crippen LogP contribution in [0.25, 0.3) is 0 Å². The molecule has 0 radical (unpaired) electrons. The number of carbonyl (C=O) groups is 4. The number of nitrogen functional groups attached to an aromatic ring is 1. The number of aromatic nitrogens is 3. The molecule has 2 aliphatic rings. The minimum absolute atomic E-state index is 0.0560. The molecule has 0 spiro atoms. The third kappa shape index (κ3) is 4.65. The molecule has 1 saturated heterocycles. The summed E-state index contributed by atoms with van der Waals surface area (Å²) in [4.78, 5) is 58.8. The third-order valence-electron chi connectivity index (χ3n) is 5.14. The molecule has 4 heterocycles. The van der Waals surface area contributed by atoms with E-state index in [-0.39, 0.29) is 28.9 Å². The number of carboxylic acids is 1. The average Bonchev–Trinajstić information content (AvgIpc) is 3.26. The minimum atomic E-state index is -1.26. The van der Waals surface area contributed by atoms with Gasteiger partial charge in [-0.2, -0.15) is 9.36 Å². The Morgan fingerprint density at radius 1 is 1.37 bits per heavy atom. The Bertz CT molecular complexity index is 1270. The highest BCUT2D eigenvalue weighted by Crippen LogP contribution is 2.40. The molecule has 0 bridgehead atoms. The summed E-state index contributed by atoms with van der Waals surface area (Å²) in [7, 11) is 1.24. The van der Waals surface area contributed by atoms with Gasteiger partial charge < -0.3 is 26.7 Å². The summed E-state index contributed by atoms with van der Waals surface area (Å²) in [6, 6.07) is 2.06. The van der Waals surface area contributed by atoms with Gasteiger partial charge in [-0.15, -0.1) is 11.8 Å². The zero-order valence-electron chi connectivity index (χ0n) is 18.1. The molecule has 16 heteroatoms. The van der Waals surface area contributed by atoms with Gasteiger partial charge in [-0.3, -0.25) is 19.3 Å². The summed E-state index contributed by atoms with van der Waals surface area (Å²) < 4.78 is 5.60. The summed E-state index contributed by atoms with van der Waals surface area (Å²) in [5, 5.41) is 15.5. The molecule has 35 heavy (non-hydrogen) atoms. The first-order valence-electron chi connectivity index (χ1n) is 9.91. The molecule has 1 fully saturated rings. The lowest BCUT2D eigenvalue weighted by atomic mass is 10.0. The molecule has 4 rings (SSSR count). The number of pyridine rings is 1. The average molecular weight is 520 g/mol. The quantitative estimate of drug-likeness (QED) is 0.134. The van der Waals surface area contributed by atoms with Gasteiger partial charge in [0.25, 0.3) is 11.8 Å². The Morgan fingerprint density at radius 2 is 2.09 bits per heavy atom. The number of β-lactam (4-membered cyclic amide) rings is 1. The molecule has 1 unspecified atom stereocenters. The van der Waals surface area contributed by atoms with Crippen LogP contribution >= 0.6 is 23.3 Å². The Balaban J connectivity index is 1.52. The lowest BCUT2D eigenvalue weighted by molar-refractivity contribution is -0.689. The van der Waals surface area contributed by atoms with Crippen molar-refractivity contribution < 1.29 is 33.7 Å². The maximum Gasteiger partial charge on any atom is 0.352 e. The van der Waals surface area contributed by atoms with Crippen molar-refractivity contribution in [2.75, 3.05) is 18.6 Å². The Kier molecular flexibility index (Phi) is 6.65. The number of carbonyl (C=O) groups excluding carboxylic acids is 3. The molecule has 2 aromatic rings. The summed E-state index contributed by atoms with van der Waals surface area (Å²) in [5.74, 6) is -2.94. The normalized spacial score (nSPS) is 19.6. The van der Waals surface area contributed by atoms with E-state index >= 15 is 0 Å². The highest BCUT2D eigenvalue weighted by molar-refractivity contribution is 8.00. The van der Waals surface area contributed by atoms with Gasteiger partial charge in [-0.25, -0.2) is 9.36 Å². The fourth-order valence-electron chi connectivity index (χ4n) is 3.57. The summed E-state index contributed by atoms with van der Waals surface area (Å²) in [6.07, 6.45) is 3.19. The van der Waals surface area contributed by atoms with Crippen LogP contribution < -0.4 is 21.4 Å². The molecule has 0 saturated carbocycles. The van der Waals surface area contributed by atoms with Crippen molar-refractivity contribution in [1.82, 2.24) is 19.6 Å². The van der Waals surface area contributed by atoms with Crippen LogP contribution in [0.5, 0.6) is 0 Å². The van der Waals surface area contributed by atoms with Crippen molar-refractivity contribution in [3.8, 4) is 0 Å². The molecule has 2 aliphatic heterocycles. The molecular formula is C19H19N8O6S2+. The monoisotopic (exact) mass is 519 g/mol. The fourth-order valence-corrected chi connectivity index (χ4v) is 5.34. The SMILES string of the molecule is CON=C(C(=O)NC1C(=O)N2C(C(=O)O)=C(C[n+]3ccc(C(N)=O)cc3)CS[C@@H]12)c1nsc(N)n1. The van der Waals surface area contributed by atoms with Crippen LogP contribution in [0.3, 0.4) is 0 Å². The first kappa shape index (κ1) is 24.1. The Morgan fingerprint density at radius 3 is 2.66 bits per heavy atom. The number of hydrogen-bond donors (Lipinski definition) is 4. The number of carboxylic acid groups (broad SMARTS) is 1. The lowest BCUT2D eigenvalue weighted by Gasteiger charge is -2.49. The van der Waals surface area contributed by atoms with Crippen molar-refractivity contribution >= 4 is 57.8 Å². The Hall–Kier alpha value is -4.05. The highest BCUT2D eigenvalue weighted by Gasteiger charge is 2.54. The van der Waals surface area contributed by atoms with Crippen LogP contribution in [-0.2, 0) is 25.8 Å². The van der Waals surface area contributed by atoms with Gasteiger partial charge in [0, 0.05) is 35.0 Å². The molecular weight excluding hydrogens is 500 g/mol. The number of rotatable bonds is 8. The first-order valence-corrected chi connectivity index (χ1v) is 11.7. The maximum absolute atomic E-state index is 12.9. The van der Waals surface area contributed by atoms with E-state index in [0.29, 0.717) is 16.9 Å². The van der Waals surface area contributed by atoms with Crippen molar-refractivity contribution in [2.24, 2.45) is 10.9 Å². The second-order valence-corrected chi connectivity index (χ2v) is 9.21. The predicted molar refractivity (Wildman–Crippen MR) is 123 cm³/mol. The number of thioether (sulfide) groups is 1. The van der Waals surface area contributed by atoms with Gasteiger partial charge in [0.05, 0.1) is 5.56 Å². The first-order chi connectivity index (χ1) is 16.7. The van der Waals surface area contributed by atoms with E-state index in [4.69, 9.17) is 16.3 Å². The predicted octanol–water partition coefficient (Wildman–Crippen LogP) is -1.70. The maximum atomic E-state index is 12.9. The molecule has 2 aromatic heterocycles. The van der Waals surface area contributed by atoms with Gasteiger partial charge in [-0.05, 0) is 0 Å². The number of nitrogens with one attached hydrogen (secondary N) is 1. The molecule has 3 amide bonds. The van der Waals surface area contributed by atoms with Gasteiger partial charge in [-0.1, -0.05) is 5.16 Å². The van der Waals surface area contributed by atoms with Gasteiger partial charge >= 0.3 is 5.97 Å². The van der Waals surface area contributed by atoms with Gasteiger partial charge in [0.2, 0.25) is 17.4 Å². The molecule has 0 aliphatic carbocycles. The van der Waals surface area contributed by atoms with Crippen LogP contribution in [0, 0.1) is 0 Å². The third-order valence-corrected chi connectivity index (χ3v) is 7.02. The van der Waals surface area contributed by atoms with Gasteiger partial charge in [0.15, 0.2) is 24.1 Å². The number of hydrogen-bond acceptors (Lipinski definition) is 11. The van der Waals surface area contributed by atoms with Crippen LogP contribution in [0.4, 0.5) is 5.13 Å². The number of fused-ring (bicyclic) bond motifs is 1. The van der Waals surface area contributed by atoms with E-state index in [9.17, 15) is 24.3 Å². The van der Waals surface area contributed by atoms with Crippen LogP contribution in [0.15, 0.2) is 41.0 Å². The number of anilines is 1. The number of amides is 3. The number of nitrogens with zero attached hydrogens (tertiary/aromatic N) is 5. The minimum Gasteiger partial charge on any atom is -0.477 e. The summed E-state index contributed by atoms with van der Waals surface area (Å²) in [6.45, 7) is 0.183. The number of oxime groups is 1. The van der Waals surface area contributed by atoms with Crippen molar-refractivity contribution in [1.29, 1.82) is 0 Å². The second kappa shape index (κ2) is 9.67. The number of nitrogens with two attached hydrogens (primary N) is 2. The summed E-state index contributed by atoms with van der Waals surface area (Å²) >= 11 is 2.17. The topological polar surface area (TPSA) is 207 Å². The number of primary amides is 1.